The maximum absolute atomic E-state index is 6.57. The van der Waals surface area contributed by atoms with Crippen LogP contribution in [0.2, 0.25) is 0 Å². The van der Waals surface area contributed by atoms with Crippen LogP contribution in [0, 0.1) is 0 Å². The lowest BCUT2D eigenvalue weighted by molar-refractivity contribution is 0.0902. The molecule has 2 aliphatic rings. The first kappa shape index (κ1) is 12.2. The van der Waals surface area contributed by atoms with Gasteiger partial charge in [0.15, 0.2) is 0 Å². The molecule has 2 aliphatic carbocycles. The zero-order chi connectivity index (χ0) is 12.5. The van der Waals surface area contributed by atoms with Gasteiger partial charge in [0, 0.05) is 18.1 Å². The minimum atomic E-state index is 0.189. The Morgan fingerprint density at radius 1 is 1.11 bits per heavy atom. The van der Waals surface area contributed by atoms with Crippen molar-refractivity contribution in [1.82, 2.24) is 4.90 Å². The van der Waals surface area contributed by atoms with Gasteiger partial charge in [0.05, 0.1) is 0 Å². The highest BCUT2D eigenvalue weighted by molar-refractivity contribution is 5.32. The van der Waals surface area contributed by atoms with Crippen molar-refractivity contribution in [3.05, 3.63) is 35.4 Å². The maximum Gasteiger partial charge on any atom is 0.0455 e. The van der Waals surface area contributed by atoms with Crippen LogP contribution in [0.3, 0.4) is 0 Å². The average molecular weight is 244 g/mol. The van der Waals surface area contributed by atoms with E-state index >= 15 is 0 Å². The van der Waals surface area contributed by atoms with Crippen molar-refractivity contribution in [1.29, 1.82) is 0 Å². The molecule has 0 radical (unpaired) electrons. The highest BCUT2D eigenvalue weighted by Gasteiger charge is 2.33. The SMILES string of the molecule is CN(C1CCC1)C1CCCc2ccccc2C1N. The Balaban J connectivity index is 1.84. The van der Waals surface area contributed by atoms with Crippen molar-refractivity contribution < 1.29 is 0 Å². The van der Waals surface area contributed by atoms with Crippen LogP contribution in [-0.4, -0.2) is 24.0 Å². The van der Waals surface area contributed by atoms with Crippen LogP contribution in [0.5, 0.6) is 0 Å². The van der Waals surface area contributed by atoms with E-state index in [4.69, 9.17) is 5.73 Å². The van der Waals surface area contributed by atoms with Crippen molar-refractivity contribution in [2.75, 3.05) is 7.05 Å². The predicted molar refractivity (Wildman–Crippen MR) is 75.5 cm³/mol. The lowest BCUT2D eigenvalue weighted by atomic mass is 9.88. The van der Waals surface area contributed by atoms with Crippen LogP contribution < -0.4 is 5.73 Å². The molecule has 1 aromatic rings. The molecule has 1 fully saturated rings. The van der Waals surface area contributed by atoms with Gasteiger partial charge in [-0.3, -0.25) is 4.90 Å². The van der Waals surface area contributed by atoms with Crippen LogP contribution in [-0.2, 0) is 6.42 Å². The largest absolute Gasteiger partial charge is 0.323 e. The summed E-state index contributed by atoms with van der Waals surface area (Å²) >= 11 is 0. The highest BCUT2D eigenvalue weighted by atomic mass is 15.2. The summed E-state index contributed by atoms with van der Waals surface area (Å²) in [7, 11) is 2.28. The lowest BCUT2D eigenvalue weighted by Crippen LogP contribution is -2.48. The summed E-state index contributed by atoms with van der Waals surface area (Å²) in [5.74, 6) is 0. The molecule has 3 rings (SSSR count). The van der Waals surface area contributed by atoms with Crippen LogP contribution in [0.1, 0.15) is 49.3 Å². The summed E-state index contributed by atoms with van der Waals surface area (Å²) in [6, 6.07) is 10.2. The molecule has 0 aromatic heterocycles. The second-order valence-electron chi connectivity index (χ2n) is 5.93. The zero-order valence-corrected chi connectivity index (χ0v) is 11.3. The molecule has 0 saturated heterocycles. The molecule has 0 heterocycles. The van der Waals surface area contributed by atoms with Crippen LogP contribution >= 0.6 is 0 Å². The van der Waals surface area contributed by atoms with E-state index in [9.17, 15) is 0 Å². The Kier molecular flexibility index (Phi) is 3.40. The van der Waals surface area contributed by atoms with Crippen molar-refractivity contribution in [2.45, 2.75) is 56.7 Å². The molecule has 18 heavy (non-hydrogen) atoms. The Morgan fingerprint density at radius 3 is 2.61 bits per heavy atom. The first-order valence-corrected chi connectivity index (χ1v) is 7.32. The summed E-state index contributed by atoms with van der Waals surface area (Å²) < 4.78 is 0. The molecule has 0 amide bonds. The van der Waals surface area contributed by atoms with E-state index < -0.39 is 0 Å². The van der Waals surface area contributed by atoms with Crippen molar-refractivity contribution in [3.63, 3.8) is 0 Å². The number of hydrogen-bond acceptors (Lipinski definition) is 2. The summed E-state index contributed by atoms with van der Waals surface area (Å²) in [5.41, 5.74) is 9.41. The number of fused-ring (bicyclic) bond motifs is 1. The molecule has 2 atom stereocenters. The van der Waals surface area contributed by atoms with Gasteiger partial charge in [0.2, 0.25) is 0 Å². The number of nitrogens with zero attached hydrogens (tertiary/aromatic N) is 1. The first-order valence-electron chi connectivity index (χ1n) is 7.32. The lowest BCUT2D eigenvalue weighted by Gasteiger charge is -2.42. The molecule has 2 N–H and O–H groups in total. The Hall–Kier alpha value is -0.860. The third-order valence-corrected chi connectivity index (χ3v) is 4.95. The molecule has 0 aliphatic heterocycles. The molecule has 0 bridgehead atoms. The van der Waals surface area contributed by atoms with Crippen LogP contribution in [0.4, 0.5) is 0 Å². The minimum absolute atomic E-state index is 0.189. The number of nitrogens with two attached hydrogens (primary N) is 1. The van der Waals surface area contributed by atoms with Crippen LogP contribution in [0.25, 0.3) is 0 Å². The standard InChI is InChI=1S/C16H24N2/c1-18(13-8-5-9-13)15-11-4-7-12-6-2-3-10-14(12)16(15)17/h2-3,6,10,13,15-16H,4-5,7-9,11,17H2,1H3. The molecule has 1 saturated carbocycles. The molecule has 2 unspecified atom stereocenters. The molecule has 2 heteroatoms. The van der Waals surface area contributed by atoms with E-state index in [1.54, 1.807) is 0 Å². The molecule has 98 valence electrons. The fraction of sp³-hybridized carbons (Fsp3) is 0.625. The Bertz CT molecular complexity index is 411. The fourth-order valence-electron chi connectivity index (χ4n) is 3.50. The normalized spacial score (nSPS) is 28.6. The van der Waals surface area contributed by atoms with Gasteiger partial charge in [-0.25, -0.2) is 0 Å². The molecular formula is C16H24N2. The third kappa shape index (κ3) is 2.08. The van der Waals surface area contributed by atoms with Crippen molar-refractivity contribution in [3.8, 4) is 0 Å². The summed E-state index contributed by atoms with van der Waals surface area (Å²) in [4.78, 5) is 2.57. The van der Waals surface area contributed by atoms with E-state index in [2.05, 4.69) is 36.2 Å². The second kappa shape index (κ2) is 5.02. The minimum Gasteiger partial charge on any atom is -0.323 e. The first-order chi connectivity index (χ1) is 8.77. The fourth-order valence-corrected chi connectivity index (χ4v) is 3.50. The van der Waals surface area contributed by atoms with Gasteiger partial charge >= 0.3 is 0 Å². The topological polar surface area (TPSA) is 29.3 Å². The zero-order valence-electron chi connectivity index (χ0n) is 11.3. The van der Waals surface area contributed by atoms with Gasteiger partial charge in [-0.15, -0.1) is 0 Å². The third-order valence-electron chi connectivity index (χ3n) is 4.95. The van der Waals surface area contributed by atoms with Crippen molar-refractivity contribution in [2.24, 2.45) is 5.73 Å². The van der Waals surface area contributed by atoms with E-state index in [1.165, 1.54) is 49.7 Å². The van der Waals surface area contributed by atoms with Gasteiger partial charge in [-0.1, -0.05) is 30.7 Å². The monoisotopic (exact) mass is 244 g/mol. The van der Waals surface area contributed by atoms with Gasteiger partial charge in [-0.05, 0) is 50.3 Å². The molecular weight excluding hydrogens is 220 g/mol. The Morgan fingerprint density at radius 2 is 1.89 bits per heavy atom. The number of hydrogen-bond donors (Lipinski definition) is 1. The number of aryl methyl sites for hydroxylation is 1. The van der Waals surface area contributed by atoms with E-state index in [1.807, 2.05) is 0 Å². The van der Waals surface area contributed by atoms with Crippen LogP contribution in [0.15, 0.2) is 24.3 Å². The number of likely N-dealkylation sites (N-methyl/N-ethyl adjacent to an activating group) is 1. The van der Waals surface area contributed by atoms with Crippen molar-refractivity contribution >= 4 is 0 Å². The number of rotatable bonds is 2. The van der Waals surface area contributed by atoms with Gasteiger partial charge < -0.3 is 5.73 Å². The average Bonchev–Trinajstić information content (AvgIpc) is 2.47. The number of benzene rings is 1. The highest BCUT2D eigenvalue weighted by Crippen LogP contribution is 2.34. The summed E-state index contributed by atoms with van der Waals surface area (Å²) in [6.45, 7) is 0. The van der Waals surface area contributed by atoms with Gasteiger partial charge in [0.1, 0.15) is 0 Å². The molecule has 0 spiro atoms. The van der Waals surface area contributed by atoms with Gasteiger partial charge in [0.25, 0.3) is 0 Å². The quantitative estimate of drug-likeness (QED) is 0.811. The molecule has 2 nitrogen and oxygen atoms in total. The predicted octanol–water partition coefficient (Wildman–Crippen LogP) is 2.88. The maximum atomic E-state index is 6.57. The summed E-state index contributed by atoms with van der Waals surface area (Å²) in [6.07, 6.45) is 7.82. The Labute approximate surface area is 110 Å². The second-order valence-corrected chi connectivity index (χ2v) is 5.93. The van der Waals surface area contributed by atoms with Gasteiger partial charge in [-0.2, -0.15) is 0 Å². The molecule has 1 aromatic carbocycles. The van der Waals surface area contributed by atoms with E-state index in [-0.39, 0.29) is 6.04 Å². The summed E-state index contributed by atoms with van der Waals surface area (Å²) in [5, 5.41) is 0. The smallest absolute Gasteiger partial charge is 0.0455 e. The van der Waals surface area contributed by atoms with E-state index in [0.29, 0.717) is 6.04 Å². The van der Waals surface area contributed by atoms with E-state index in [0.717, 1.165) is 6.04 Å².